The van der Waals surface area contributed by atoms with Crippen molar-refractivity contribution in [2.75, 3.05) is 25.1 Å². The standard InChI is InChI=1S/C17H20ClN7O2/c1-21-15-14(18)12(7-24-16(15)20)27-11(5-19)10-6-23-13(8-22-10)25(2)17(26)9-3-4-9/h5-9,19,21-22H,3-4H2,1-2H3,(H2,20,24)/b11-10+,19-5?. The van der Waals surface area contributed by atoms with E-state index in [1.165, 1.54) is 17.3 Å². The normalized spacial score (nSPS) is 17.5. The van der Waals surface area contributed by atoms with Gasteiger partial charge in [-0.25, -0.2) is 9.98 Å². The average Bonchev–Trinajstić information content (AvgIpc) is 3.52. The first-order valence-corrected chi connectivity index (χ1v) is 8.66. The molecule has 0 atom stereocenters. The van der Waals surface area contributed by atoms with E-state index < -0.39 is 0 Å². The molecule has 1 amide bonds. The molecule has 10 heteroatoms. The molecule has 1 aliphatic heterocycles. The number of halogens is 1. The number of nitrogens with one attached hydrogen (secondary N) is 3. The van der Waals surface area contributed by atoms with Gasteiger partial charge >= 0.3 is 0 Å². The predicted octanol–water partition coefficient (Wildman–Crippen LogP) is 1.94. The first kappa shape index (κ1) is 18.7. The van der Waals surface area contributed by atoms with Gasteiger partial charge in [0.2, 0.25) is 5.91 Å². The van der Waals surface area contributed by atoms with E-state index in [1.54, 1.807) is 20.3 Å². The summed E-state index contributed by atoms with van der Waals surface area (Å²) in [6, 6.07) is 0. The van der Waals surface area contributed by atoms with Crippen LogP contribution in [-0.4, -0.2) is 42.3 Å². The number of hydrogen-bond donors (Lipinski definition) is 4. The number of amides is 1. The van der Waals surface area contributed by atoms with Crippen LogP contribution in [0.5, 0.6) is 5.75 Å². The van der Waals surface area contributed by atoms with Crippen LogP contribution in [0.3, 0.4) is 0 Å². The second-order valence-electron chi connectivity index (χ2n) is 6.05. The maximum absolute atomic E-state index is 12.1. The highest BCUT2D eigenvalue weighted by Gasteiger charge is 2.33. The Morgan fingerprint density at radius 2 is 2.30 bits per heavy atom. The van der Waals surface area contributed by atoms with Crippen LogP contribution in [0.4, 0.5) is 11.5 Å². The molecule has 1 fully saturated rings. The summed E-state index contributed by atoms with van der Waals surface area (Å²) in [5.41, 5.74) is 6.64. The van der Waals surface area contributed by atoms with Gasteiger partial charge in [-0.1, -0.05) is 11.6 Å². The molecule has 2 heterocycles. The summed E-state index contributed by atoms with van der Waals surface area (Å²) in [6.07, 6.45) is 7.34. The molecule has 1 aliphatic carbocycles. The Balaban J connectivity index is 1.78. The van der Waals surface area contributed by atoms with Crippen molar-refractivity contribution in [3.63, 3.8) is 0 Å². The van der Waals surface area contributed by atoms with Crippen LogP contribution in [0.2, 0.25) is 5.02 Å². The molecule has 9 nitrogen and oxygen atoms in total. The van der Waals surface area contributed by atoms with E-state index in [9.17, 15) is 4.79 Å². The maximum Gasteiger partial charge on any atom is 0.231 e. The van der Waals surface area contributed by atoms with Gasteiger partial charge in [0.25, 0.3) is 0 Å². The summed E-state index contributed by atoms with van der Waals surface area (Å²) in [4.78, 5) is 21.9. The minimum Gasteiger partial charge on any atom is -0.450 e. The van der Waals surface area contributed by atoms with Crippen LogP contribution in [0, 0.1) is 11.3 Å². The average molecular weight is 390 g/mol. The van der Waals surface area contributed by atoms with Crippen LogP contribution in [-0.2, 0) is 4.79 Å². The number of anilines is 2. The first-order valence-electron chi connectivity index (χ1n) is 8.29. The van der Waals surface area contributed by atoms with E-state index in [0.29, 0.717) is 17.2 Å². The van der Waals surface area contributed by atoms with E-state index in [-0.39, 0.29) is 34.2 Å². The largest absolute Gasteiger partial charge is 0.450 e. The molecule has 0 unspecified atom stereocenters. The van der Waals surface area contributed by atoms with Gasteiger partial charge in [0.05, 0.1) is 24.3 Å². The van der Waals surface area contributed by atoms with Crippen LogP contribution < -0.4 is 21.1 Å². The van der Waals surface area contributed by atoms with E-state index in [1.807, 2.05) is 0 Å². The van der Waals surface area contributed by atoms with Gasteiger partial charge in [0.15, 0.2) is 17.3 Å². The summed E-state index contributed by atoms with van der Waals surface area (Å²) in [7, 11) is 3.35. The molecule has 0 radical (unpaired) electrons. The lowest BCUT2D eigenvalue weighted by atomic mass is 10.3. The third-order valence-electron chi connectivity index (χ3n) is 4.16. The van der Waals surface area contributed by atoms with Gasteiger partial charge in [0.1, 0.15) is 16.5 Å². The maximum atomic E-state index is 12.1. The third-order valence-corrected chi connectivity index (χ3v) is 4.54. The van der Waals surface area contributed by atoms with E-state index in [2.05, 4.69) is 20.6 Å². The monoisotopic (exact) mass is 389 g/mol. The van der Waals surface area contributed by atoms with Crippen molar-refractivity contribution in [1.82, 2.24) is 15.2 Å². The van der Waals surface area contributed by atoms with Crippen molar-refractivity contribution in [3.8, 4) is 5.75 Å². The van der Waals surface area contributed by atoms with Crippen molar-refractivity contribution in [2.24, 2.45) is 10.9 Å². The van der Waals surface area contributed by atoms with Gasteiger partial charge < -0.3 is 26.5 Å². The third kappa shape index (κ3) is 3.87. The quantitative estimate of drug-likeness (QED) is 0.434. The zero-order valence-electron chi connectivity index (χ0n) is 14.9. The van der Waals surface area contributed by atoms with Crippen molar-refractivity contribution in [2.45, 2.75) is 12.8 Å². The summed E-state index contributed by atoms with van der Waals surface area (Å²) in [5.74, 6) is 1.31. The second-order valence-corrected chi connectivity index (χ2v) is 6.43. The van der Waals surface area contributed by atoms with Crippen LogP contribution in [0.25, 0.3) is 0 Å². The van der Waals surface area contributed by atoms with E-state index in [0.717, 1.165) is 19.1 Å². The lowest BCUT2D eigenvalue weighted by molar-refractivity contribution is -0.129. The Bertz CT molecular complexity index is 874. The van der Waals surface area contributed by atoms with Crippen molar-refractivity contribution in [3.05, 3.63) is 34.7 Å². The van der Waals surface area contributed by atoms with Crippen molar-refractivity contribution >= 4 is 41.4 Å². The van der Waals surface area contributed by atoms with E-state index >= 15 is 0 Å². The van der Waals surface area contributed by atoms with Crippen molar-refractivity contribution < 1.29 is 9.53 Å². The van der Waals surface area contributed by atoms with Gasteiger partial charge in [0, 0.05) is 26.2 Å². The molecular weight excluding hydrogens is 370 g/mol. The number of hydrogen-bond acceptors (Lipinski definition) is 8. The highest BCUT2D eigenvalue weighted by Crippen LogP contribution is 2.35. The lowest BCUT2D eigenvalue weighted by Crippen LogP contribution is -2.30. The summed E-state index contributed by atoms with van der Waals surface area (Å²) >= 11 is 6.27. The molecule has 27 heavy (non-hydrogen) atoms. The van der Waals surface area contributed by atoms with Gasteiger partial charge in [-0.15, -0.1) is 0 Å². The number of aliphatic imine (C=N–C) groups is 1. The highest BCUT2D eigenvalue weighted by molar-refractivity contribution is 6.35. The molecule has 0 spiro atoms. The molecule has 142 valence electrons. The number of carbonyl (C=O) groups is 1. The number of nitrogens with two attached hydrogens (primary N) is 1. The summed E-state index contributed by atoms with van der Waals surface area (Å²) in [5, 5.41) is 13.7. The number of nitrogens with zero attached hydrogens (tertiary/aromatic N) is 3. The molecule has 3 rings (SSSR count). The number of ether oxygens (including phenoxy) is 1. The lowest BCUT2D eigenvalue weighted by Gasteiger charge is -2.21. The molecule has 2 aliphatic rings. The Labute approximate surface area is 161 Å². The van der Waals surface area contributed by atoms with Crippen LogP contribution in [0.1, 0.15) is 12.8 Å². The highest BCUT2D eigenvalue weighted by atomic mass is 35.5. The fourth-order valence-corrected chi connectivity index (χ4v) is 2.74. The molecule has 0 saturated heterocycles. The van der Waals surface area contributed by atoms with Crippen molar-refractivity contribution in [1.29, 1.82) is 5.41 Å². The summed E-state index contributed by atoms with van der Waals surface area (Å²) in [6.45, 7) is 0. The molecule has 1 saturated carbocycles. The van der Waals surface area contributed by atoms with Crippen LogP contribution >= 0.6 is 11.6 Å². The SMILES string of the molecule is CNc1c(N)ncc(O/C(C=N)=C2\C=NC(N(C)C(=O)C3CC3)=CN2)c1Cl. The molecule has 0 bridgehead atoms. The smallest absolute Gasteiger partial charge is 0.231 e. The molecule has 1 aromatic rings. The fourth-order valence-electron chi connectivity index (χ4n) is 2.46. The Hall–Kier alpha value is -3.07. The molecule has 1 aromatic heterocycles. The first-order chi connectivity index (χ1) is 13.0. The topological polar surface area (TPSA) is 129 Å². The molecule has 0 aromatic carbocycles. The zero-order chi connectivity index (χ0) is 19.6. The number of pyridine rings is 1. The van der Waals surface area contributed by atoms with E-state index in [4.69, 9.17) is 27.5 Å². The molecular formula is C17H20ClN7O2. The number of rotatable bonds is 6. The fraction of sp³-hybridized carbons (Fsp3) is 0.294. The number of carbonyl (C=O) groups excluding carboxylic acids is 1. The number of allylic oxidation sites excluding steroid dienone is 2. The Kier molecular flexibility index (Phi) is 5.31. The van der Waals surface area contributed by atoms with Gasteiger partial charge in [-0.2, -0.15) is 0 Å². The number of aromatic nitrogens is 1. The van der Waals surface area contributed by atoms with Gasteiger partial charge in [-0.05, 0) is 12.8 Å². The molecule has 5 N–H and O–H groups in total. The van der Waals surface area contributed by atoms with Gasteiger partial charge in [-0.3, -0.25) is 9.69 Å². The summed E-state index contributed by atoms with van der Waals surface area (Å²) < 4.78 is 5.71. The minimum absolute atomic E-state index is 0.0514. The Morgan fingerprint density at radius 1 is 1.56 bits per heavy atom. The van der Waals surface area contributed by atoms with Crippen LogP contribution in [0.15, 0.2) is 34.7 Å². The predicted molar refractivity (Wildman–Crippen MR) is 105 cm³/mol. The second kappa shape index (κ2) is 7.67. The zero-order valence-corrected chi connectivity index (χ0v) is 15.7. The number of nitrogen functional groups attached to an aromatic ring is 1. The minimum atomic E-state index is 0.0514. The Morgan fingerprint density at radius 3 is 2.85 bits per heavy atom.